The Hall–Kier alpha value is -2.40. The Morgan fingerprint density at radius 3 is 2.81 bits per heavy atom. The van der Waals surface area contributed by atoms with Crippen LogP contribution in [0.25, 0.3) is 0 Å². The topological polar surface area (TPSA) is 75.3 Å². The number of anilines is 1. The van der Waals surface area contributed by atoms with E-state index in [2.05, 4.69) is 5.32 Å². The molecule has 0 radical (unpaired) electrons. The van der Waals surface area contributed by atoms with Crippen molar-refractivity contribution in [3.8, 4) is 5.75 Å². The molecule has 21 heavy (non-hydrogen) atoms. The summed E-state index contributed by atoms with van der Waals surface area (Å²) >= 11 is 0. The summed E-state index contributed by atoms with van der Waals surface area (Å²) in [5.41, 5.74) is 7.03. The van der Waals surface area contributed by atoms with Crippen molar-refractivity contribution >= 4 is 11.6 Å². The van der Waals surface area contributed by atoms with E-state index in [4.69, 9.17) is 5.73 Å². The fourth-order valence-electron chi connectivity index (χ4n) is 2.00. The zero-order valence-electron chi connectivity index (χ0n) is 11.5. The highest BCUT2D eigenvalue weighted by Gasteiger charge is 2.12. The van der Waals surface area contributed by atoms with Crippen molar-refractivity contribution in [2.24, 2.45) is 5.73 Å². The Kier molecular flexibility index (Phi) is 4.90. The lowest BCUT2D eigenvalue weighted by molar-refractivity contribution is 0.102. The number of benzene rings is 2. The predicted octanol–water partition coefficient (Wildman–Crippen LogP) is 2.67. The van der Waals surface area contributed by atoms with Gasteiger partial charge in [0.05, 0.1) is 5.56 Å². The SMILES string of the molecule is NCCCc1cccc(NC(=O)c2cc(F)ccc2O)c1. The van der Waals surface area contributed by atoms with E-state index in [1.54, 1.807) is 6.07 Å². The third kappa shape index (κ3) is 4.03. The second kappa shape index (κ2) is 6.85. The number of halogens is 1. The van der Waals surface area contributed by atoms with Gasteiger partial charge in [0.2, 0.25) is 0 Å². The molecule has 0 aromatic heterocycles. The fourth-order valence-corrected chi connectivity index (χ4v) is 2.00. The zero-order valence-corrected chi connectivity index (χ0v) is 11.5. The van der Waals surface area contributed by atoms with E-state index < -0.39 is 11.7 Å². The number of aromatic hydroxyl groups is 1. The van der Waals surface area contributed by atoms with E-state index in [0.717, 1.165) is 36.6 Å². The smallest absolute Gasteiger partial charge is 0.259 e. The summed E-state index contributed by atoms with van der Waals surface area (Å²) in [6, 6.07) is 10.6. The third-order valence-electron chi connectivity index (χ3n) is 3.06. The lowest BCUT2D eigenvalue weighted by atomic mass is 10.1. The number of rotatable bonds is 5. The van der Waals surface area contributed by atoms with Crippen LogP contribution in [0.5, 0.6) is 5.75 Å². The van der Waals surface area contributed by atoms with E-state index in [-0.39, 0.29) is 11.3 Å². The maximum Gasteiger partial charge on any atom is 0.259 e. The molecule has 4 nitrogen and oxygen atoms in total. The Morgan fingerprint density at radius 1 is 1.24 bits per heavy atom. The summed E-state index contributed by atoms with van der Waals surface area (Å²) < 4.78 is 13.1. The molecule has 2 aromatic rings. The molecule has 110 valence electrons. The average Bonchev–Trinajstić information content (AvgIpc) is 2.48. The van der Waals surface area contributed by atoms with Crippen LogP contribution in [0, 0.1) is 5.82 Å². The highest BCUT2D eigenvalue weighted by molar-refractivity contribution is 6.06. The minimum atomic E-state index is -0.574. The van der Waals surface area contributed by atoms with Crippen molar-refractivity contribution in [2.45, 2.75) is 12.8 Å². The molecule has 0 fully saturated rings. The molecule has 0 heterocycles. The summed E-state index contributed by atoms with van der Waals surface area (Å²) in [5.74, 6) is -1.38. The molecule has 0 aliphatic carbocycles. The first-order valence-corrected chi connectivity index (χ1v) is 6.69. The van der Waals surface area contributed by atoms with Crippen LogP contribution in [0.4, 0.5) is 10.1 Å². The van der Waals surface area contributed by atoms with Crippen molar-refractivity contribution in [1.82, 2.24) is 0 Å². The molecule has 2 rings (SSSR count). The van der Waals surface area contributed by atoms with Gasteiger partial charge in [0.1, 0.15) is 11.6 Å². The molecule has 0 unspecified atom stereocenters. The molecule has 5 heteroatoms. The zero-order chi connectivity index (χ0) is 15.2. The van der Waals surface area contributed by atoms with E-state index in [1.165, 1.54) is 0 Å². The number of carbonyl (C=O) groups is 1. The quantitative estimate of drug-likeness (QED) is 0.791. The van der Waals surface area contributed by atoms with Crippen LogP contribution >= 0.6 is 0 Å². The number of aryl methyl sites for hydroxylation is 1. The minimum absolute atomic E-state index is 0.0950. The van der Waals surface area contributed by atoms with E-state index in [1.807, 2.05) is 18.2 Å². The van der Waals surface area contributed by atoms with Crippen molar-refractivity contribution in [1.29, 1.82) is 0 Å². The first-order chi connectivity index (χ1) is 10.1. The second-order valence-electron chi connectivity index (χ2n) is 4.71. The van der Waals surface area contributed by atoms with Crippen molar-refractivity contribution in [2.75, 3.05) is 11.9 Å². The van der Waals surface area contributed by atoms with Gasteiger partial charge < -0.3 is 16.2 Å². The molecule has 0 spiro atoms. The van der Waals surface area contributed by atoms with Crippen molar-refractivity contribution < 1.29 is 14.3 Å². The monoisotopic (exact) mass is 288 g/mol. The van der Waals surface area contributed by atoms with Crippen LogP contribution in [-0.4, -0.2) is 17.6 Å². The molecular weight excluding hydrogens is 271 g/mol. The van der Waals surface area contributed by atoms with Crippen LogP contribution in [0.2, 0.25) is 0 Å². The molecular formula is C16H17FN2O2. The number of carbonyl (C=O) groups excluding carboxylic acids is 1. The van der Waals surface area contributed by atoms with Gasteiger partial charge in [-0.15, -0.1) is 0 Å². The number of nitrogens with one attached hydrogen (secondary N) is 1. The fraction of sp³-hybridized carbons (Fsp3) is 0.188. The van der Waals surface area contributed by atoms with E-state index in [9.17, 15) is 14.3 Å². The van der Waals surface area contributed by atoms with E-state index in [0.29, 0.717) is 12.2 Å². The summed E-state index contributed by atoms with van der Waals surface area (Å²) in [5, 5.41) is 12.3. The normalized spacial score (nSPS) is 10.4. The van der Waals surface area contributed by atoms with Gasteiger partial charge in [-0.25, -0.2) is 4.39 Å². The van der Waals surface area contributed by atoms with Crippen molar-refractivity contribution in [3.05, 3.63) is 59.4 Å². The standard InChI is InChI=1S/C16H17FN2O2/c17-12-6-7-15(20)14(10-12)16(21)19-13-5-1-3-11(9-13)4-2-8-18/h1,3,5-7,9-10,20H,2,4,8,18H2,(H,19,21). The maximum atomic E-state index is 13.1. The largest absolute Gasteiger partial charge is 0.507 e. The molecule has 0 aliphatic heterocycles. The van der Waals surface area contributed by atoms with Crippen LogP contribution in [0.1, 0.15) is 22.3 Å². The van der Waals surface area contributed by atoms with Crippen LogP contribution in [0.3, 0.4) is 0 Å². The van der Waals surface area contributed by atoms with Gasteiger partial charge >= 0.3 is 0 Å². The van der Waals surface area contributed by atoms with Gasteiger partial charge in [-0.2, -0.15) is 0 Å². The summed E-state index contributed by atoms with van der Waals surface area (Å²) in [6.45, 7) is 0.605. The molecule has 0 saturated carbocycles. The average molecular weight is 288 g/mol. The number of hydrogen-bond acceptors (Lipinski definition) is 3. The number of phenolic OH excluding ortho intramolecular Hbond substituents is 1. The molecule has 2 aromatic carbocycles. The Balaban J connectivity index is 2.14. The third-order valence-corrected chi connectivity index (χ3v) is 3.06. The molecule has 0 atom stereocenters. The van der Waals surface area contributed by atoms with Crippen molar-refractivity contribution in [3.63, 3.8) is 0 Å². The number of amides is 1. The van der Waals surface area contributed by atoms with Crippen LogP contribution in [-0.2, 0) is 6.42 Å². The summed E-state index contributed by atoms with van der Waals surface area (Å²) in [7, 11) is 0. The Labute approximate surface area is 122 Å². The van der Waals surface area contributed by atoms with Crippen LogP contribution in [0.15, 0.2) is 42.5 Å². The molecule has 0 bridgehead atoms. The summed E-state index contributed by atoms with van der Waals surface area (Å²) in [6.07, 6.45) is 1.69. The first-order valence-electron chi connectivity index (χ1n) is 6.69. The highest BCUT2D eigenvalue weighted by atomic mass is 19.1. The molecule has 0 saturated heterocycles. The van der Waals surface area contributed by atoms with E-state index >= 15 is 0 Å². The number of phenols is 1. The Morgan fingerprint density at radius 2 is 2.05 bits per heavy atom. The minimum Gasteiger partial charge on any atom is -0.507 e. The van der Waals surface area contributed by atoms with Gasteiger partial charge in [-0.3, -0.25) is 4.79 Å². The second-order valence-corrected chi connectivity index (χ2v) is 4.71. The van der Waals surface area contributed by atoms with Gasteiger partial charge in [0.25, 0.3) is 5.91 Å². The molecule has 1 amide bonds. The van der Waals surface area contributed by atoms with Gasteiger partial charge in [-0.1, -0.05) is 12.1 Å². The van der Waals surface area contributed by atoms with Gasteiger partial charge in [-0.05, 0) is 55.3 Å². The molecule has 4 N–H and O–H groups in total. The van der Waals surface area contributed by atoms with Crippen LogP contribution < -0.4 is 11.1 Å². The van der Waals surface area contributed by atoms with Gasteiger partial charge in [0, 0.05) is 5.69 Å². The summed E-state index contributed by atoms with van der Waals surface area (Å²) in [4.78, 5) is 12.1. The highest BCUT2D eigenvalue weighted by Crippen LogP contribution is 2.20. The molecule has 0 aliphatic rings. The maximum absolute atomic E-state index is 13.1. The lowest BCUT2D eigenvalue weighted by Crippen LogP contribution is -2.12. The Bertz CT molecular complexity index is 644. The lowest BCUT2D eigenvalue weighted by Gasteiger charge is -2.08. The first kappa shape index (κ1) is 15.0. The predicted molar refractivity (Wildman–Crippen MR) is 79.8 cm³/mol. The number of hydrogen-bond donors (Lipinski definition) is 3. The van der Waals surface area contributed by atoms with Gasteiger partial charge in [0.15, 0.2) is 0 Å². The number of nitrogens with two attached hydrogens (primary N) is 1.